The molecular weight excluding hydrogens is 336 g/mol. The summed E-state index contributed by atoms with van der Waals surface area (Å²) in [5.41, 5.74) is 0.880. The SMILES string of the molecule is CCOC(=O)C=C(C)N[C@@H](C(=O)O)c1cccc(NS(C)(=O)=O)c1. The van der Waals surface area contributed by atoms with Gasteiger partial charge < -0.3 is 15.2 Å². The molecule has 0 fully saturated rings. The summed E-state index contributed by atoms with van der Waals surface area (Å²) in [6.07, 6.45) is 2.15. The van der Waals surface area contributed by atoms with Crippen LogP contribution in [-0.2, 0) is 24.3 Å². The number of carboxylic acid groups (broad SMARTS) is 1. The first-order chi connectivity index (χ1) is 11.1. The van der Waals surface area contributed by atoms with E-state index in [9.17, 15) is 23.1 Å². The Balaban J connectivity index is 3.03. The minimum absolute atomic E-state index is 0.212. The van der Waals surface area contributed by atoms with Gasteiger partial charge in [-0.25, -0.2) is 18.0 Å². The topological polar surface area (TPSA) is 122 Å². The van der Waals surface area contributed by atoms with Crippen LogP contribution in [-0.4, -0.2) is 38.3 Å². The second-order valence-corrected chi connectivity index (χ2v) is 6.74. The van der Waals surface area contributed by atoms with Crippen LogP contribution >= 0.6 is 0 Å². The molecule has 0 bridgehead atoms. The van der Waals surface area contributed by atoms with E-state index in [0.717, 1.165) is 12.3 Å². The molecule has 1 atom stereocenters. The number of hydrogen-bond donors (Lipinski definition) is 3. The molecule has 0 spiro atoms. The van der Waals surface area contributed by atoms with Crippen molar-refractivity contribution >= 4 is 27.6 Å². The standard InChI is InChI=1S/C15H20N2O6S/c1-4-23-13(18)8-10(2)16-14(15(19)20)11-6-5-7-12(9-11)17-24(3,21)22/h5-9,14,16-17H,4H2,1-3H3,(H,19,20)/t14-/m1/s1. The number of esters is 1. The molecule has 0 heterocycles. The van der Waals surface area contributed by atoms with Crippen LogP contribution in [0.15, 0.2) is 36.0 Å². The lowest BCUT2D eigenvalue weighted by Gasteiger charge is -2.17. The van der Waals surface area contributed by atoms with Crippen molar-refractivity contribution in [2.45, 2.75) is 19.9 Å². The number of aliphatic carboxylic acids is 1. The number of allylic oxidation sites excluding steroid dienone is 1. The van der Waals surface area contributed by atoms with Crippen LogP contribution in [0.3, 0.4) is 0 Å². The predicted octanol–water partition coefficient (Wildman–Crippen LogP) is 1.24. The smallest absolute Gasteiger partial charge is 0.332 e. The summed E-state index contributed by atoms with van der Waals surface area (Å²) in [6, 6.07) is 4.83. The number of hydrogen-bond acceptors (Lipinski definition) is 6. The Morgan fingerprint density at radius 1 is 1.38 bits per heavy atom. The van der Waals surface area contributed by atoms with Gasteiger partial charge in [-0.05, 0) is 31.5 Å². The summed E-state index contributed by atoms with van der Waals surface area (Å²) >= 11 is 0. The fourth-order valence-corrected chi connectivity index (χ4v) is 2.47. The highest BCUT2D eigenvalue weighted by molar-refractivity contribution is 7.92. The van der Waals surface area contributed by atoms with E-state index in [1.54, 1.807) is 6.92 Å². The second-order valence-electron chi connectivity index (χ2n) is 4.99. The lowest BCUT2D eigenvalue weighted by Crippen LogP contribution is -2.27. The third kappa shape index (κ3) is 6.69. The molecule has 3 N–H and O–H groups in total. The number of sulfonamides is 1. The van der Waals surface area contributed by atoms with E-state index >= 15 is 0 Å². The van der Waals surface area contributed by atoms with Crippen LogP contribution in [0.2, 0.25) is 0 Å². The monoisotopic (exact) mass is 356 g/mol. The summed E-state index contributed by atoms with van der Waals surface area (Å²) in [4.78, 5) is 22.9. The van der Waals surface area contributed by atoms with Gasteiger partial charge >= 0.3 is 11.9 Å². The molecule has 0 aliphatic rings. The molecule has 0 saturated carbocycles. The molecule has 0 aromatic heterocycles. The van der Waals surface area contributed by atoms with Crippen LogP contribution < -0.4 is 10.0 Å². The first kappa shape index (κ1) is 19.5. The van der Waals surface area contributed by atoms with E-state index in [0.29, 0.717) is 11.3 Å². The molecule has 1 aromatic carbocycles. The van der Waals surface area contributed by atoms with Crippen LogP contribution in [0, 0.1) is 0 Å². The van der Waals surface area contributed by atoms with Gasteiger partial charge in [-0.3, -0.25) is 4.72 Å². The Hall–Kier alpha value is -2.55. The van der Waals surface area contributed by atoms with E-state index in [2.05, 4.69) is 10.0 Å². The van der Waals surface area contributed by atoms with Crippen molar-refractivity contribution in [1.29, 1.82) is 0 Å². The van der Waals surface area contributed by atoms with Gasteiger partial charge in [-0.1, -0.05) is 12.1 Å². The third-order valence-electron chi connectivity index (χ3n) is 2.76. The number of carbonyl (C=O) groups excluding carboxylic acids is 1. The van der Waals surface area contributed by atoms with Gasteiger partial charge in [0.25, 0.3) is 0 Å². The van der Waals surface area contributed by atoms with Crippen LogP contribution in [0.1, 0.15) is 25.5 Å². The Labute approximate surface area is 140 Å². The number of carboxylic acids is 1. The van der Waals surface area contributed by atoms with Crippen molar-refractivity contribution in [3.8, 4) is 0 Å². The van der Waals surface area contributed by atoms with Gasteiger partial charge in [-0.15, -0.1) is 0 Å². The molecule has 0 aliphatic heterocycles. The highest BCUT2D eigenvalue weighted by atomic mass is 32.2. The predicted molar refractivity (Wildman–Crippen MR) is 88.8 cm³/mol. The summed E-state index contributed by atoms with van der Waals surface area (Å²) in [5, 5.41) is 12.1. The van der Waals surface area contributed by atoms with Crippen LogP contribution in [0.25, 0.3) is 0 Å². The number of anilines is 1. The lowest BCUT2D eigenvalue weighted by molar-refractivity contribution is -0.140. The van der Waals surface area contributed by atoms with Crippen LogP contribution in [0.5, 0.6) is 0 Å². The molecule has 9 heteroatoms. The molecule has 0 amide bonds. The van der Waals surface area contributed by atoms with Gasteiger partial charge in [0.1, 0.15) is 0 Å². The van der Waals surface area contributed by atoms with Crippen molar-refractivity contribution in [1.82, 2.24) is 5.32 Å². The number of ether oxygens (including phenoxy) is 1. The third-order valence-corrected chi connectivity index (χ3v) is 3.37. The average molecular weight is 356 g/mol. The maximum Gasteiger partial charge on any atom is 0.332 e. The Bertz CT molecular complexity index is 742. The minimum atomic E-state index is -3.48. The highest BCUT2D eigenvalue weighted by Gasteiger charge is 2.20. The van der Waals surface area contributed by atoms with Gasteiger partial charge in [0.05, 0.1) is 12.9 Å². The molecule has 1 rings (SSSR count). The van der Waals surface area contributed by atoms with Crippen molar-refractivity contribution in [2.24, 2.45) is 0 Å². The summed E-state index contributed by atoms with van der Waals surface area (Å²) < 4.78 is 29.6. The van der Waals surface area contributed by atoms with Crippen molar-refractivity contribution < 1.29 is 27.9 Å². The van der Waals surface area contributed by atoms with E-state index in [-0.39, 0.29) is 12.3 Å². The summed E-state index contributed by atoms with van der Waals surface area (Å²) in [7, 11) is -3.48. The zero-order valence-corrected chi connectivity index (χ0v) is 14.4. The number of nitrogens with one attached hydrogen (secondary N) is 2. The van der Waals surface area contributed by atoms with E-state index < -0.39 is 28.0 Å². The maximum absolute atomic E-state index is 11.5. The van der Waals surface area contributed by atoms with Gasteiger partial charge in [0.2, 0.25) is 10.0 Å². The number of benzene rings is 1. The minimum Gasteiger partial charge on any atom is -0.479 e. The zero-order valence-electron chi connectivity index (χ0n) is 13.6. The first-order valence-electron chi connectivity index (χ1n) is 7.04. The Kier molecular flexibility index (Phi) is 6.78. The quantitative estimate of drug-likeness (QED) is 0.473. The highest BCUT2D eigenvalue weighted by Crippen LogP contribution is 2.20. The maximum atomic E-state index is 11.5. The fourth-order valence-electron chi connectivity index (χ4n) is 1.91. The number of carbonyl (C=O) groups is 2. The molecule has 0 aliphatic carbocycles. The van der Waals surface area contributed by atoms with E-state index in [1.807, 2.05) is 0 Å². The van der Waals surface area contributed by atoms with Crippen molar-refractivity contribution in [3.05, 3.63) is 41.6 Å². The largest absolute Gasteiger partial charge is 0.479 e. The molecule has 8 nitrogen and oxygen atoms in total. The molecule has 132 valence electrons. The van der Waals surface area contributed by atoms with E-state index in [4.69, 9.17) is 4.74 Å². The van der Waals surface area contributed by atoms with Crippen molar-refractivity contribution in [2.75, 3.05) is 17.6 Å². The lowest BCUT2D eigenvalue weighted by atomic mass is 10.1. The number of rotatable bonds is 8. The van der Waals surface area contributed by atoms with Crippen molar-refractivity contribution in [3.63, 3.8) is 0 Å². The van der Waals surface area contributed by atoms with E-state index in [1.165, 1.54) is 31.2 Å². The second kappa shape index (κ2) is 8.34. The molecule has 0 saturated heterocycles. The Morgan fingerprint density at radius 3 is 2.58 bits per heavy atom. The normalized spacial score (nSPS) is 13.0. The fraction of sp³-hybridized carbons (Fsp3) is 0.333. The van der Waals surface area contributed by atoms with Gasteiger partial charge in [-0.2, -0.15) is 0 Å². The first-order valence-corrected chi connectivity index (χ1v) is 8.93. The van der Waals surface area contributed by atoms with Gasteiger partial charge in [0, 0.05) is 17.5 Å². The summed E-state index contributed by atoms with van der Waals surface area (Å²) in [6.45, 7) is 3.41. The molecular formula is C15H20N2O6S. The molecule has 24 heavy (non-hydrogen) atoms. The molecule has 0 unspecified atom stereocenters. The van der Waals surface area contributed by atoms with Gasteiger partial charge in [0.15, 0.2) is 6.04 Å². The molecule has 0 radical (unpaired) electrons. The van der Waals surface area contributed by atoms with Crippen LogP contribution in [0.4, 0.5) is 5.69 Å². The average Bonchev–Trinajstić information content (AvgIpc) is 2.43. The summed E-state index contributed by atoms with van der Waals surface area (Å²) in [5.74, 6) is -1.76. The zero-order chi connectivity index (χ0) is 18.3. The molecule has 1 aromatic rings. The Morgan fingerprint density at radius 2 is 2.04 bits per heavy atom.